The van der Waals surface area contributed by atoms with Gasteiger partial charge >= 0.3 is 0 Å². The minimum Gasteiger partial charge on any atom is -0.496 e. The second-order valence-electron chi connectivity index (χ2n) is 6.76. The van der Waals surface area contributed by atoms with E-state index in [4.69, 9.17) is 9.57 Å². The molecule has 0 bridgehead atoms. The van der Waals surface area contributed by atoms with Crippen LogP contribution in [-0.2, 0) is 9.63 Å². The molecule has 7 heteroatoms. The fraction of sp³-hybridized carbons (Fsp3) is 0.286. The molecule has 0 spiro atoms. The van der Waals surface area contributed by atoms with Gasteiger partial charge in [0.1, 0.15) is 5.75 Å². The fourth-order valence-electron chi connectivity index (χ4n) is 2.81. The van der Waals surface area contributed by atoms with E-state index in [1.165, 1.54) is 7.11 Å². The third kappa shape index (κ3) is 4.49. The molecule has 1 aliphatic heterocycles. The van der Waals surface area contributed by atoms with E-state index in [1.807, 2.05) is 13.8 Å². The number of rotatable bonds is 6. The van der Waals surface area contributed by atoms with Gasteiger partial charge in [0.05, 0.1) is 18.4 Å². The second kappa shape index (κ2) is 8.56. The molecule has 1 unspecified atom stereocenters. The number of hydrogen-bond donors (Lipinski definition) is 2. The van der Waals surface area contributed by atoms with Crippen molar-refractivity contribution >= 4 is 28.9 Å². The Morgan fingerprint density at radius 3 is 2.50 bits per heavy atom. The number of oxime groups is 1. The van der Waals surface area contributed by atoms with Gasteiger partial charge in [-0.2, -0.15) is 0 Å². The van der Waals surface area contributed by atoms with Crippen LogP contribution in [0.4, 0.5) is 11.4 Å². The van der Waals surface area contributed by atoms with Crippen LogP contribution in [0.15, 0.2) is 53.7 Å². The number of ether oxygens (including phenoxy) is 1. The highest BCUT2D eigenvalue weighted by Gasteiger charge is 2.29. The van der Waals surface area contributed by atoms with Crippen molar-refractivity contribution in [3.8, 4) is 5.75 Å². The highest BCUT2D eigenvalue weighted by Crippen LogP contribution is 2.22. The number of anilines is 2. The van der Waals surface area contributed by atoms with Gasteiger partial charge in [0, 0.05) is 17.8 Å². The Kier molecular flexibility index (Phi) is 5.93. The molecule has 7 nitrogen and oxygen atoms in total. The first-order valence-corrected chi connectivity index (χ1v) is 9.06. The number of benzene rings is 2. The standard InChI is InChI=1S/C21H23N3O4/c1-13(2)17-12-19(28-24-17)21(26)23-15-8-6-7-14(11-15)22-20(25)16-9-4-5-10-18(16)27-3/h4-11,13,19H,12H2,1-3H3,(H,22,25)(H,23,26). The quantitative estimate of drug-likeness (QED) is 0.799. The Morgan fingerprint density at radius 2 is 1.82 bits per heavy atom. The molecule has 0 saturated carbocycles. The zero-order chi connectivity index (χ0) is 20.1. The lowest BCUT2D eigenvalue weighted by molar-refractivity contribution is -0.125. The first-order valence-electron chi connectivity index (χ1n) is 9.06. The first-order chi connectivity index (χ1) is 13.5. The smallest absolute Gasteiger partial charge is 0.268 e. The van der Waals surface area contributed by atoms with E-state index >= 15 is 0 Å². The maximum atomic E-state index is 12.5. The number of nitrogens with one attached hydrogen (secondary N) is 2. The van der Waals surface area contributed by atoms with Crippen molar-refractivity contribution in [2.24, 2.45) is 11.1 Å². The summed E-state index contributed by atoms with van der Waals surface area (Å²) in [6, 6.07) is 13.9. The van der Waals surface area contributed by atoms with Gasteiger partial charge in [-0.25, -0.2) is 0 Å². The molecule has 146 valence electrons. The summed E-state index contributed by atoms with van der Waals surface area (Å²) in [6.07, 6.45) is -0.155. The molecule has 0 aromatic heterocycles. The molecule has 1 atom stereocenters. The van der Waals surface area contributed by atoms with Crippen LogP contribution < -0.4 is 15.4 Å². The van der Waals surface area contributed by atoms with E-state index in [0.717, 1.165) is 5.71 Å². The average Bonchev–Trinajstić information content (AvgIpc) is 3.19. The van der Waals surface area contributed by atoms with Gasteiger partial charge in [-0.3, -0.25) is 9.59 Å². The maximum Gasteiger partial charge on any atom is 0.268 e. The van der Waals surface area contributed by atoms with Crippen LogP contribution in [0.5, 0.6) is 5.75 Å². The summed E-state index contributed by atoms with van der Waals surface area (Å²) < 4.78 is 5.22. The molecule has 2 N–H and O–H groups in total. The molecule has 2 aromatic carbocycles. The second-order valence-corrected chi connectivity index (χ2v) is 6.76. The lowest BCUT2D eigenvalue weighted by Crippen LogP contribution is -2.28. The highest BCUT2D eigenvalue weighted by molar-refractivity contribution is 6.06. The van der Waals surface area contributed by atoms with Crippen molar-refractivity contribution in [2.45, 2.75) is 26.4 Å². The molecular weight excluding hydrogens is 358 g/mol. The van der Waals surface area contributed by atoms with Crippen molar-refractivity contribution in [1.29, 1.82) is 0 Å². The SMILES string of the molecule is COc1ccccc1C(=O)Nc1cccc(NC(=O)C2CC(C(C)C)=NO2)c1. The number of methoxy groups -OCH3 is 1. The van der Waals surface area contributed by atoms with Crippen LogP contribution in [0.1, 0.15) is 30.6 Å². The summed E-state index contributed by atoms with van der Waals surface area (Å²) in [7, 11) is 1.52. The van der Waals surface area contributed by atoms with Crippen LogP contribution in [0.3, 0.4) is 0 Å². The van der Waals surface area contributed by atoms with Crippen molar-refractivity contribution in [1.82, 2.24) is 0 Å². The van der Waals surface area contributed by atoms with E-state index in [-0.39, 0.29) is 17.7 Å². The minimum absolute atomic E-state index is 0.242. The molecule has 0 radical (unpaired) electrons. The number of nitrogens with zero attached hydrogens (tertiary/aromatic N) is 1. The molecule has 2 aromatic rings. The first kappa shape index (κ1) is 19.4. The van der Waals surface area contributed by atoms with Gasteiger partial charge in [-0.1, -0.05) is 37.2 Å². The van der Waals surface area contributed by atoms with Crippen LogP contribution in [0, 0.1) is 5.92 Å². The normalized spacial score (nSPS) is 15.6. The van der Waals surface area contributed by atoms with Crippen LogP contribution in [-0.4, -0.2) is 30.7 Å². The predicted octanol–water partition coefficient (Wildman–Crippen LogP) is 3.69. The van der Waals surface area contributed by atoms with Gasteiger partial charge in [0.25, 0.3) is 11.8 Å². The molecule has 0 saturated heterocycles. The zero-order valence-electron chi connectivity index (χ0n) is 16.1. The predicted molar refractivity (Wildman–Crippen MR) is 108 cm³/mol. The van der Waals surface area contributed by atoms with Crippen LogP contribution >= 0.6 is 0 Å². The van der Waals surface area contributed by atoms with Gasteiger partial charge in [0.2, 0.25) is 6.10 Å². The maximum absolute atomic E-state index is 12.5. The monoisotopic (exact) mass is 381 g/mol. The van der Waals surface area contributed by atoms with Crippen molar-refractivity contribution in [3.63, 3.8) is 0 Å². The third-order valence-corrected chi connectivity index (χ3v) is 4.39. The van der Waals surface area contributed by atoms with E-state index in [2.05, 4.69) is 15.8 Å². The van der Waals surface area contributed by atoms with Gasteiger partial charge < -0.3 is 20.2 Å². The van der Waals surface area contributed by atoms with Crippen molar-refractivity contribution < 1.29 is 19.2 Å². The summed E-state index contributed by atoms with van der Waals surface area (Å²) in [5, 5.41) is 9.59. The Morgan fingerprint density at radius 1 is 1.11 bits per heavy atom. The Balaban J connectivity index is 1.64. The zero-order valence-corrected chi connectivity index (χ0v) is 16.1. The summed E-state index contributed by atoms with van der Waals surface area (Å²) in [5.74, 6) is 0.165. The van der Waals surface area contributed by atoms with E-state index in [0.29, 0.717) is 29.1 Å². The van der Waals surface area contributed by atoms with E-state index < -0.39 is 6.10 Å². The fourth-order valence-corrected chi connectivity index (χ4v) is 2.81. The van der Waals surface area contributed by atoms with Crippen molar-refractivity contribution in [3.05, 3.63) is 54.1 Å². The third-order valence-electron chi connectivity index (χ3n) is 4.39. The van der Waals surface area contributed by atoms with E-state index in [1.54, 1.807) is 48.5 Å². The molecule has 3 rings (SSSR count). The largest absolute Gasteiger partial charge is 0.496 e. The average molecular weight is 381 g/mol. The molecule has 2 amide bonds. The highest BCUT2D eigenvalue weighted by atomic mass is 16.6. The number of amides is 2. The molecule has 0 aliphatic carbocycles. The summed E-state index contributed by atoms with van der Waals surface area (Å²) in [4.78, 5) is 30.2. The van der Waals surface area contributed by atoms with Crippen molar-refractivity contribution in [2.75, 3.05) is 17.7 Å². The Labute approximate surface area is 163 Å². The number of hydrogen-bond acceptors (Lipinski definition) is 5. The summed E-state index contributed by atoms with van der Waals surface area (Å²) in [6.45, 7) is 4.02. The lowest BCUT2D eigenvalue weighted by atomic mass is 10.0. The lowest BCUT2D eigenvalue weighted by Gasteiger charge is -2.12. The number of carbonyl (C=O) groups excluding carboxylic acids is 2. The molecule has 1 aliphatic rings. The van der Waals surface area contributed by atoms with E-state index in [9.17, 15) is 9.59 Å². The topological polar surface area (TPSA) is 89.0 Å². The van der Waals surface area contributed by atoms with Gasteiger partial charge in [-0.05, 0) is 36.2 Å². The number of para-hydroxylation sites is 1. The Hall–Kier alpha value is -3.35. The van der Waals surface area contributed by atoms with Crippen LogP contribution in [0.25, 0.3) is 0 Å². The van der Waals surface area contributed by atoms with Gasteiger partial charge in [0.15, 0.2) is 0 Å². The summed E-state index contributed by atoms with van der Waals surface area (Å²) >= 11 is 0. The minimum atomic E-state index is -0.635. The molecule has 0 fully saturated rings. The molecule has 1 heterocycles. The van der Waals surface area contributed by atoms with Gasteiger partial charge in [-0.15, -0.1) is 0 Å². The summed E-state index contributed by atoms with van der Waals surface area (Å²) in [5.41, 5.74) is 2.42. The number of carbonyl (C=O) groups is 2. The molecule has 28 heavy (non-hydrogen) atoms. The Bertz CT molecular complexity index is 908. The van der Waals surface area contributed by atoms with Crippen LogP contribution in [0.2, 0.25) is 0 Å². The molecular formula is C21H23N3O4.